The molecular weight excluding hydrogens is 364 g/mol. The Hall–Kier alpha value is -2.63. The molecule has 6 nitrogen and oxygen atoms in total. The summed E-state index contributed by atoms with van der Waals surface area (Å²) >= 11 is 0. The second-order valence-electron chi connectivity index (χ2n) is 8.58. The van der Waals surface area contributed by atoms with E-state index in [4.69, 9.17) is 0 Å². The molecule has 2 aliphatic heterocycles. The molecule has 154 valence electrons. The Morgan fingerprint density at radius 2 is 1.55 bits per heavy atom. The molecule has 29 heavy (non-hydrogen) atoms. The summed E-state index contributed by atoms with van der Waals surface area (Å²) in [4.78, 5) is 29.6. The summed E-state index contributed by atoms with van der Waals surface area (Å²) in [5.74, 6) is 1.13. The fourth-order valence-corrected chi connectivity index (χ4v) is 4.31. The number of likely N-dealkylation sites (tertiary alicyclic amines) is 2. The first kappa shape index (κ1) is 19.7. The van der Waals surface area contributed by atoms with Crippen molar-refractivity contribution in [1.29, 1.82) is 0 Å². The topological polar surface area (TPSA) is 58.4 Å². The van der Waals surface area contributed by atoms with Crippen LogP contribution in [0.4, 0.5) is 0 Å². The summed E-state index contributed by atoms with van der Waals surface area (Å²) in [6.45, 7) is 7.35. The number of aromatic nitrogens is 2. The molecule has 2 saturated heterocycles. The van der Waals surface area contributed by atoms with Gasteiger partial charge in [0.1, 0.15) is 0 Å². The third kappa shape index (κ3) is 4.36. The molecular formula is C23H30N4O2. The second-order valence-corrected chi connectivity index (χ2v) is 8.58. The maximum atomic E-state index is 12.9. The van der Waals surface area contributed by atoms with Gasteiger partial charge in [0.05, 0.1) is 11.9 Å². The van der Waals surface area contributed by atoms with Crippen LogP contribution in [-0.2, 0) is 4.79 Å². The molecule has 0 bridgehead atoms. The SMILES string of the molecule is Cc1cnn(-c2ccc(C(=O)N3CCC(C(=O)N4CCC(C)CC4)CC3)cc2)c1. The van der Waals surface area contributed by atoms with E-state index in [0.29, 0.717) is 24.6 Å². The molecule has 0 saturated carbocycles. The lowest BCUT2D eigenvalue weighted by molar-refractivity contribution is -0.138. The van der Waals surface area contributed by atoms with Crippen LogP contribution in [0, 0.1) is 18.8 Å². The van der Waals surface area contributed by atoms with Crippen molar-refractivity contribution in [2.24, 2.45) is 11.8 Å². The highest BCUT2D eigenvalue weighted by molar-refractivity contribution is 5.94. The first-order valence-electron chi connectivity index (χ1n) is 10.7. The van der Waals surface area contributed by atoms with Crippen LogP contribution in [0.25, 0.3) is 5.69 Å². The minimum Gasteiger partial charge on any atom is -0.342 e. The molecule has 6 heteroatoms. The van der Waals surface area contributed by atoms with Crippen LogP contribution < -0.4 is 0 Å². The zero-order valence-electron chi connectivity index (χ0n) is 17.4. The average Bonchev–Trinajstić information content (AvgIpc) is 3.20. The number of amides is 2. The average molecular weight is 395 g/mol. The van der Waals surface area contributed by atoms with Crippen molar-refractivity contribution < 1.29 is 9.59 Å². The summed E-state index contributed by atoms with van der Waals surface area (Å²) < 4.78 is 1.81. The summed E-state index contributed by atoms with van der Waals surface area (Å²) in [7, 11) is 0. The fraction of sp³-hybridized carbons (Fsp3) is 0.522. The third-order valence-corrected chi connectivity index (χ3v) is 6.32. The molecule has 0 aliphatic carbocycles. The molecule has 0 atom stereocenters. The molecule has 3 heterocycles. The van der Waals surface area contributed by atoms with Gasteiger partial charge in [-0.05, 0) is 68.4 Å². The molecule has 0 unspecified atom stereocenters. The van der Waals surface area contributed by atoms with E-state index < -0.39 is 0 Å². The predicted octanol–water partition coefficient (Wildman–Crippen LogP) is 3.29. The number of rotatable bonds is 3. The van der Waals surface area contributed by atoms with Crippen molar-refractivity contribution in [2.75, 3.05) is 26.2 Å². The van der Waals surface area contributed by atoms with E-state index in [2.05, 4.69) is 12.0 Å². The van der Waals surface area contributed by atoms with Gasteiger partial charge in [0, 0.05) is 43.9 Å². The maximum Gasteiger partial charge on any atom is 0.253 e. The Morgan fingerprint density at radius 3 is 2.14 bits per heavy atom. The molecule has 2 aromatic rings. The van der Waals surface area contributed by atoms with Crippen molar-refractivity contribution >= 4 is 11.8 Å². The minimum atomic E-state index is 0.0471. The quantitative estimate of drug-likeness (QED) is 0.803. The van der Waals surface area contributed by atoms with Gasteiger partial charge in [-0.1, -0.05) is 6.92 Å². The van der Waals surface area contributed by atoms with Gasteiger partial charge in [0.25, 0.3) is 5.91 Å². The molecule has 2 aliphatic rings. The second kappa shape index (κ2) is 8.39. The van der Waals surface area contributed by atoms with Gasteiger partial charge >= 0.3 is 0 Å². The summed E-state index contributed by atoms with van der Waals surface area (Å²) in [6.07, 6.45) is 7.52. The van der Waals surface area contributed by atoms with Crippen molar-refractivity contribution in [3.05, 3.63) is 47.8 Å². The predicted molar refractivity (Wildman–Crippen MR) is 112 cm³/mol. The van der Waals surface area contributed by atoms with Crippen molar-refractivity contribution in [3.63, 3.8) is 0 Å². The zero-order valence-corrected chi connectivity index (χ0v) is 17.4. The minimum absolute atomic E-state index is 0.0471. The molecule has 2 fully saturated rings. The van der Waals surface area contributed by atoms with Gasteiger partial charge in [-0.3, -0.25) is 9.59 Å². The van der Waals surface area contributed by atoms with Gasteiger partial charge in [-0.15, -0.1) is 0 Å². The number of hydrogen-bond donors (Lipinski definition) is 0. The zero-order chi connectivity index (χ0) is 20.4. The Kier molecular flexibility index (Phi) is 5.69. The van der Waals surface area contributed by atoms with Crippen LogP contribution in [0.15, 0.2) is 36.7 Å². The number of nitrogens with zero attached hydrogens (tertiary/aromatic N) is 4. The monoisotopic (exact) mass is 394 g/mol. The van der Waals surface area contributed by atoms with Crippen LogP contribution in [0.5, 0.6) is 0 Å². The molecule has 0 spiro atoms. The highest BCUT2D eigenvalue weighted by Crippen LogP contribution is 2.24. The van der Waals surface area contributed by atoms with Gasteiger partial charge in [-0.2, -0.15) is 5.10 Å². The van der Waals surface area contributed by atoms with Crippen LogP contribution >= 0.6 is 0 Å². The number of carbonyl (C=O) groups excluding carboxylic acids is 2. The molecule has 1 aromatic heterocycles. The smallest absolute Gasteiger partial charge is 0.253 e. The summed E-state index contributed by atoms with van der Waals surface area (Å²) in [6, 6.07) is 7.57. The highest BCUT2D eigenvalue weighted by atomic mass is 16.2. The lowest BCUT2D eigenvalue weighted by Crippen LogP contribution is -2.46. The van der Waals surface area contributed by atoms with E-state index in [1.807, 2.05) is 58.1 Å². The largest absolute Gasteiger partial charge is 0.342 e. The van der Waals surface area contributed by atoms with E-state index in [1.165, 1.54) is 0 Å². The van der Waals surface area contributed by atoms with Crippen molar-refractivity contribution in [2.45, 2.75) is 39.5 Å². The summed E-state index contributed by atoms with van der Waals surface area (Å²) in [5.41, 5.74) is 2.73. The van der Waals surface area contributed by atoms with Gasteiger partial charge in [-0.25, -0.2) is 4.68 Å². The van der Waals surface area contributed by atoms with Gasteiger partial charge in [0.2, 0.25) is 5.91 Å². The Balaban J connectivity index is 1.32. The molecule has 2 amide bonds. The lowest BCUT2D eigenvalue weighted by Gasteiger charge is -2.36. The van der Waals surface area contributed by atoms with E-state index in [-0.39, 0.29) is 11.8 Å². The maximum absolute atomic E-state index is 12.9. The number of hydrogen-bond acceptors (Lipinski definition) is 3. The molecule has 0 N–H and O–H groups in total. The first-order valence-corrected chi connectivity index (χ1v) is 10.7. The Bertz CT molecular complexity index is 857. The Morgan fingerprint density at radius 1 is 0.931 bits per heavy atom. The standard InChI is InChI=1S/C23H30N4O2/c1-17-7-11-25(12-8-17)23(29)20-9-13-26(14-10-20)22(28)19-3-5-21(6-4-19)27-16-18(2)15-24-27/h3-6,15-17,20H,7-14H2,1-2H3. The van der Waals surface area contributed by atoms with Crippen LogP contribution in [0.3, 0.4) is 0 Å². The molecule has 0 radical (unpaired) electrons. The van der Waals surface area contributed by atoms with E-state index in [0.717, 1.165) is 55.9 Å². The normalized spacial score (nSPS) is 18.8. The third-order valence-electron chi connectivity index (χ3n) is 6.32. The van der Waals surface area contributed by atoms with Gasteiger partial charge in [0.15, 0.2) is 0 Å². The van der Waals surface area contributed by atoms with E-state index in [9.17, 15) is 9.59 Å². The van der Waals surface area contributed by atoms with Crippen LogP contribution in [0.1, 0.15) is 48.5 Å². The van der Waals surface area contributed by atoms with E-state index in [1.54, 1.807) is 0 Å². The fourth-order valence-electron chi connectivity index (χ4n) is 4.31. The highest BCUT2D eigenvalue weighted by Gasteiger charge is 2.31. The number of aryl methyl sites for hydroxylation is 1. The Labute approximate surface area is 172 Å². The summed E-state index contributed by atoms with van der Waals surface area (Å²) in [5, 5.41) is 4.30. The number of carbonyl (C=O) groups is 2. The van der Waals surface area contributed by atoms with E-state index >= 15 is 0 Å². The molecule has 1 aromatic carbocycles. The van der Waals surface area contributed by atoms with Crippen molar-refractivity contribution in [1.82, 2.24) is 19.6 Å². The lowest BCUT2D eigenvalue weighted by atomic mass is 9.92. The first-order chi connectivity index (χ1) is 14.0. The van der Waals surface area contributed by atoms with Crippen LogP contribution in [-0.4, -0.2) is 57.6 Å². The van der Waals surface area contributed by atoms with Crippen molar-refractivity contribution in [3.8, 4) is 5.69 Å². The van der Waals surface area contributed by atoms with Crippen LogP contribution in [0.2, 0.25) is 0 Å². The van der Waals surface area contributed by atoms with Gasteiger partial charge < -0.3 is 9.80 Å². The number of benzene rings is 1. The molecule has 4 rings (SSSR count). The number of piperidine rings is 2.